The van der Waals surface area contributed by atoms with E-state index >= 15 is 0 Å². The minimum atomic E-state index is -0.695. The van der Waals surface area contributed by atoms with Crippen molar-refractivity contribution >= 4 is 49.3 Å². The molecular formula is C61H73BrClNO3. The summed E-state index contributed by atoms with van der Waals surface area (Å²) in [4.78, 5) is 0. The van der Waals surface area contributed by atoms with Gasteiger partial charge < -0.3 is 18.8 Å². The number of halogens is 2. The largest absolute Gasteiger partial charge is 0.494 e. The Morgan fingerprint density at radius 3 is 1.15 bits per heavy atom. The van der Waals surface area contributed by atoms with Crippen LogP contribution in [0.1, 0.15) is 159 Å². The van der Waals surface area contributed by atoms with Crippen LogP contribution in [-0.2, 0) is 5.41 Å². The highest BCUT2D eigenvalue weighted by Crippen LogP contribution is 2.47. The van der Waals surface area contributed by atoms with Crippen molar-refractivity contribution in [1.82, 2.24) is 4.57 Å². The summed E-state index contributed by atoms with van der Waals surface area (Å²) in [5.41, 5.74) is 7.18. The van der Waals surface area contributed by atoms with Gasteiger partial charge in [0.15, 0.2) is 0 Å². The minimum Gasteiger partial charge on any atom is -0.494 e. The molecule has 0 atom stereocenters. The topological polar surface area (TPSA) is 32.6 Å². The lowest BCUT2D eigenvalue weighted by Crippen LogP contribution is -2.31. The molecule has 0 saturated carbocycles. The summed E-state index contributed by atoms with van der Waals surface area (Å²) in [6.07, 6.45) is 22.2. The summed E-state index contributed by atoms with van der Waals surface area (Å²) in [6, 6.07) is 48.4. The number of rotatable bonds is 29. The SMILES string of the molecule is CCCCCCCCOc1ccc(C(c2ccc(OCCCCCCCC)cc2)(c2ccc(OCCCCCCCC)cc2)c2ccc(-n3c4cc(Cl)ccc4c4ccc(Br)cc43)cc2)cc1. The first-order valence-corrected chi connectivity index (χ1v) is 26.8. The number of nitrogens with zero attached hydrogens (tertiary/aromatic N) is 1. The fourth-order valence-corrected chi connectivity index (χ4v) is 10.2. The van der Waals surface area contributed by atoms with Gasteiger partial charge >= 0.3 is 0 Å². The van der Waals surface area contributed by atoms with Gasteiger partial charge in [0.2, 0.25) is 0 Å². The average Bonchev–Trinajstić information content (AvgIpc) is 3.67. The maximum atomic E-state index is 6.69. The van der Waals surface area contributed by atoms with Crippen LogP contribution in [0.4, 0.5) is 0 Å². The third-order valence-electron chi connectivity index (χ3n) is 13.4. The van der Waals surface area contributed by atoms with E-state index in [1.807, 2.05) is 6.07 Å². The lowest BCUT2D eigenvalue weighted by Gasteiger charge is -2.37. The molecule has 67 heavy (non-hydrogen) atoms. The first-order valence-electron chi connectivity index (χ1n) is 25.7. The number of unbranched alkanes of at least 4 members (excludes halogenated alkanes) is 15. The average molecular weight is 984 g/mol. The van der Waals surface area contributed by atoms with Crippen LogP contribution in [0.25, 0.3) is 27.5 Å². The van der Waals surface area contributed by atoms with Crippen molar-refractivity contribution in [3.8, 4) is 22.9 Å². The van der Waals surface area contributed by atoms with Gasteiger partial charge in [0.1, 0.15) is 17.2 Å². The lowest BCUT2D eigenvalue weighted by molar-refractivity contribution is 0.304. The Labute approximate surface area is 415 Å². The molecule has 4 nitrogen and oxygen atoms in total. The van der Waals surface area contributed by atoms with Gasteiger partial charge in [-0.25, -0.2) is 0 Å². The molecule has 1 aromatic heterocycles. The molecule has 0 amide bonds. The van der Waals surface area contributed by atoms with Gasteiger partial charge in [-0.1, -0.05) is 205 Å². The van der Waals surface area contributed by atoms with Crippen molar-refractivity contribution in [2.75, 3.05) is 19.8 Å². The zero-order chi connectivity index (χ0) is 46.7. The van der Waals surface area contributed by atoms with Crippen LogP contribution < -0.4 is 14.2 Å². The van der Waals surface area contributed by atoms with Crippen LogP contribution in [-0.4, -0.2) is 24.4 Å². The first kappa shape index (κ1) is 50.2. The predicted octanol–water partition coefficient (Wildman–Crippen LogP) is 18.8. The Kier molecular flexibility index (Phi) is 19.6. The fourth-order valence-electron chi connectivity index (χ4n) is 9.72. The summed E-state index contributed by atoms with van der Waals surface area (Å²) in [6.45, 7) is 8.97. The van der Waals surface area contributed by atoms with Crippen LogP contribution in [0.5, 0.6) is 17.2 Å². The first-order chi connectivity index (χ1) is 33.0. The number of ether oxygens (including phenoxy) is 3. The molecule has 0 spiro atoms. The van der Waals surface area contributed by atoms with Crippen molar-refractivity contribution in [2.45, 2.75) is 142 Å². The Balaban J connectivity index is 1.28. The molecule has 6 heteroatoms. The van der Waals surface area contributed by atoms with E-state index in [1.54, 1.807) is 0 Å². The zero-order valence-corrected chi connectivity index (χ0v) is 42.8. The Bertz CT molecular complexity index is 2320. The van der Waals surface area contributed by atoms with Crippen LogP contribution in [0.2, 0.25) is 5.02 Å². The van der Waals surface area contributed by atoms with Crippen LogP contribution in [0.15, 0.2) is 138 Å². The second-order valence-electron chi connectivity index (χ2n) is 18.4. The van der Waals surface area contributed by atoms with E-state index in [0.29, 0.717) is 5.02 Å². The number of hydrogen-bond acceptors (Lipinski definition) is 3. The molecule has 0 radical (unpaired) electrons. The third-order valence-corrected chi connectivity index (χ3v) is 14.1. The van der Waals surface area contributed by atoms with Crippen molar-refractivity contribution in [1.29, 1.82) is 0 Å². The van der Waals surface area contributed by atoms with E-state index in [9.17, 15) is 0 Å². The Hall–Kier alpha value is -4.71. The molecule has 0 aliphatic heterocycles. The molecule has 7 aromatic rings. The molecule has 0 saturated heterocycles. The third kappa shape index (κ3) is 13.1. The summed E-state index contributed by atoms with van der Waals surface area (Å²) in [5, 5.41) is 3.07. The number of benzene rings is 6. The second kappa shape index (κ2) is 26.2. The van der Waals surface area contributed by atoms with E-state index in [0.717, 1.165) is 99.8 Å². The van der Waals surface area contributed by atoms with Crippen molar-refractivity contribution in [3.63, 3.8) is 0 Å². The van der Waals surface area contributed by atoms with Gasteiger partial charge in [-0.2, -0.15) is 0 Å². The quantitative estimate of drug-likeness (QED) is 0.0346. The van der Waals surface area contributed by atoms with Crippen molar-refractivity contribution < 1.29 is 14.2 Å². The van der Waals surface area contributed by atoms with Gasteiger partial charge in [0, 0.05) is 26.0 Å². The fraction of sp³-hybridized carbons (Fsp3) is 0.410. The van der Waals surface area contributed by atoms with Gasteiger partial charge in [-0.15, -0.1) is 0 Å². The van der Waals surface area contributed by atoms with Crippen molar-refractivity contribution in [2.24, 2.45) is 0 Å². The standard InChI is InChI=1S/C61H73BrClNO3/c1-4-7-10-13-16-19-42-65-54-34-24-48(25-35-54)61(49-26-36-55(37-27-49)66-43-20-17-14-11-8-5-2,50-28-38-56(39-29-50)67-44-21-18-15-12-9-6-3)47-22-32-53(33-23-47)64-59-45-51(62)30-40-57(59)58-41-31-52(63)46-60(58)64/h22-41,45-46H,4-21,42-44H2,1-3H3. The molecule has 354 valence electrons. The summed E-state index contributed by atoms with van der Waals surface area (Å²) in [5.74, 6) is 2.69. The van der Waals surface area contributed by atoms with E-state index in [1.165, 1.54) is 107 Å². The molecule has 0 bridgehead atoms. The highest BCUT2D eigenvalue weighted by molar-refractivity contribution is 9.10. The molecule has 0 unspecified atom stereocenters. The number of fused-ring (bicyclic) bond motifs is 3. The lowest BCUT2D eigenvalue weighted by atomic mass is 9.65. The van der Waals surface area contributed by atoms with Crippen LogP contribution in [0, 0.1) is 0 Å². The highest BCUT2D eigenvalue weighted by atomic mass is 79.9. The molecule has 7 rings (SSSR count). The smallest absolute Gasteiger partial charge is 0.119 e. The zero-order valence-electron chi connectivity index (χ0n) is 40.5. The Morgan fingerprint density at radius 2 is 0.746 bits per heavy atom. The van der Waals surface area contributed by atoms with Gasteiger partial charge in [-0.05, 0) is 114 Å². The minimum absolute atomic E-state index is 0.695. The monoisotopic (exact) mass is 981 g/mol. The molecular weight excluding hydrogens is 910 g/mol. The molecule has 0 fully saturated rings. The van der Waals surface area contributed by atoms with Gasteiger partial charge in [0.05, 0.1) is 36.3 Å². The molecule has 0 N–H and O–H groups in total. The van der Waals surface area contributed by atoms with Gasteiger partial charge in [-0.3, -0.25) is 0 Å². The number of hydrogen-bond donors (Lipinski definition) is 0. The summed E-state index contributed by atoms with van der Waals surface area (Å²) < 4.78 is 22.5. The maximum absolute atomic E-state index is 6.69. The van der Waals surface area contributed by atoms with Crippen LogP contribution >= 0.6 is 27.5 Å². The van der Waals surface area contributed by atoms with E-state index in [2.05, 4.69) is 169 Å². The normalized spacial score (nSPS) is 11.7. The van der Waals surface area contributed by atoms with E-state index < -0.39 is 5.41 Å². The summed E-state index contributed by atoms with van der Waals surface area (Å²) >= 11 is 10.4. The molecule has 0 aliphatic carbocycles. The highest BCUT2D eigenvalue weighted by Gasteiger charge is 2.39. The molecule has 6 aromatic carbocycles. The second-order valence-corrected chi connectivity index (χ2v) is 19.7. The summed E-state index contributed by atoms with van der Waals surface area (Å²) in [7, 11) is 0. The van der Waals surface area contributed by atoms with Crippen LogP contribution in [0.3, 0.4) is 0 Å². The van der Waals surface area contributed by atoms with E-state index in [-0.39, 0.29) is 0 Å². The van der Waals surface area contributed by atoms with Gasteiger partial charge in [0.25, 0.3) is 0 Å². The number of aromatic nitrogens is 1. The van der Waals surface area contributed by atoms with E-state index in [4.69, 9.17) is 25.8 Å². The van der Waals surface area contributed by atoms with Crippen molar-refractivity contribution in [3.05, 3.63) is 165 Å². The Morgan fingerprint density at radius 1 is 0.403 bits per heavy atom. The molecule has 0 aliphatic rings. The maximum Gasteiger partial charge on any atom is 0.119 e. The molecule has 1 heterocycles. The predicted molar refractivity (Wildman–Crippen MR) is 288 cm³/mol.